The average molecular weight is 259 g/mol. The van der Waals surface area contributed by atoms with Gasteiger partial charge in [0.2, 0.25) is 0 Å². The Morgan fingerprint density at radius 1 is 1.11 bits per heavy atom. The first-order valence-electron chi connectivity index (χ1n) is 7.94. The van der Waals surface area contributed by atoms with Gasteiger partial charge in [-0.1, -0.05) is 51.0 Å². The highest BCUT2D eigenvalue weighted by Crippen LogP contribution is 2.28. The molecule has 0 spiro atoms. The average Bonchev–Trinajstić information content (AvgIpc) is 2.63. The molecule has 1 N–H and O–H groups in total. The van der Waals surface area contributed by atoms with E-state index in [0.717, 1.165) is 24.4 Å². The molecule has 0 aromatic heterocycles. The van der Waals surface area contributed by atoms with Gasteiger partial charge in [0.1, 0.15) is 0 Å². The quantitative estimate of drug-likeness (QED) is 0.774. The monoisotopic (exact) mass is 259 g/mol. The summed E-state index contributed by atoms with van der Waals surface area (Å²) < 4.78 is 0. The normalized spacial score (nSPS) is 24.4. The molecule has 0 aliphatic heterocycles. The van der Waals surface area contributed by atoms with Crippen molar-refractivity contribution in [2.24, 2.45) is 11.8 Å². The van der Waals surface area contributed by atoms with Crippen LogP contribution in [-0.2, 0) is 6.54 Å². The lowest BCUT2D eigenvalue weighted by Crippen LogP contribution is -2.28. The molecule has 1 heteroatoms. The third-order valence-electron chi connectivity index (χ3n) is 4.80. The van der Waals surface area contributed by atoms with Gasteiger partial charge in [-0.25, -0.2) is 0 Å². The van der Waals surface area contributed by atoms with Crippen LogP contribution in [0.25, 0.3) is 0 Å². The molecule has 1 saturated carbocycles. The molecule has 1 aliphatic carbocycles. The molecule has 0 amide bonds. The Labute approximate surface area is 118 Å². The summed E-state index contributed by atoms with van der Waals surface area (Å²) >= 11 is 0. The van der Waals surface area contributed by atoms with Crippen LogP contribution >= 0.6 is 0 Å². The fraction of sp³-hybridized carbons (Fsp3) is 0.667. The first kappa shape index (κ1) is 14.6. The highest BCUT2D eigenvalue weighted by molar-refractivity contribution is 5.25. The topological polar surface area (TPSA) is 12.0 Å². The molecule has 1 nitrogen and oxygen atoms in total. The van der Waals surface area contributed by atoms with Crippen LogP contribution in [0.4, 0.5) is 0 Å². The molecular weight excluding hydrogens is 230 g/mol. The Kier molecular flexibility index (Phi) is 5.45. The van der Waals surface area contributed by atoms with Gasteiger partial charge >= 0.3 is 0 Å². The van der Waals surface area contributed by atoms with E-state index >= 15 is 0 Å². The van der Waals surface area contributed by atoms with Crippen molar-refractivity contribution < 1.29 is 0 Å². The van der Waals surface area contributed by atoms with Crippen LogP contribution in [0.3, 0.4) is 0 Å². The number of nitrogens with one attached hydrogen (secondary N) is 1. The van der Waals surface area contributed by atoms with Crippen LogP contribution in [0.1, 0.15) is 57.1 Å². The summed E-state index contributed by atoms with van der Waals surface area (Å²) in [7, 11) is 0. The van der Waals surface area contributed by atoms with Gasteiger partial charge < -0.3 is 5.32 Å². The van der Waals surface area contributed by atoms with E-state index in [9.17, 15) is 0 Å². The predicted octanol–water partition coefficient (Wildman–Crippen LogP) is 4.69. The molecule has 0 radical (unpaired) electrons. The summed E-state index contributed by atoms with van der Waals surface area (Å²) in [6, 6.07) is 9.45. The third-order valence-corrected chi connectivity index (χ3v) is 4.80. The van der Waals surface area contributed by atoms with E-state index in [0.29, 0.717) is 0 Å². The number of hydrogen-bond donors (Lipinski definition) is 1. The first-order valence-corrected chi connectivity index (χ1v) is 7.94. The van der Waals surface area contributed by atoms with E-state index in [2.05, 4.69) is 50.4 Å². The van der Waals surface area contributed by atoms with E-state index in [4.69, 9.17) is 0 Å². The molecule has 0 bridgehead atoms. The van der Waals surface area contributed by atoms with Gasteiger partial charge in [0.25, 0.3) is 0 Å². The van der Waals surface area contributed by atoms with Crippen LogP contribution in [0.15, 0.2) is 24.3 Å². The Morgan fingerprint density at radius 2 is 1.89 bits per heavy atom. The molecule has 1 aliphatic rings. The van der Waals surface area contributed by atoms with Gasteiger partial charge in [-0.3, -0.25) is 0 Å². The lowest BCUT2D eigenvalue weighted by Gasteiger charge is -2.19. The molecule has 2 rings (SSSR count). The summed E-state index contributed by atoms with van der Waals surface area (Å²) in [4.78, 5) is 0. The number of rotatable bonds is 4. The van der Waals surface area contributed by atoms with E-state index in [-0.39, 0.29) is 0 Å². The number of benzene rings is 1. The number of hydrogen-bond acceptors (Lipinski definition) is 1. The number of aryl methyl sites for hydroxylation is 1. The standard InChI is InChI=1S/C18H29N/c1-14(2)16-9-6-10-18(12-11-16)19-13-17-8-5-4-7-15(17)3/h4-5,7-8,14,16,18-19H,6,9-13H2,1-3H3. The second kappa shape index (κ2) is 7.09. The fourth-order valence-electron chi connectivity index (χ4n) is 3.26. The second-order valence-corrected chi connectivity index (χ2v) is 6.52. The molecule has 2 unspecified atom stereocenters. The SMILES string of the molecule is Cc1ccccc1CNC1CCCC(C(C)C)CC1. The van der Waals surface area contributed by atoms with Crippen molar-refractivity contribution >= 4 is 0 Å². The minimum Gasteiger partial charge on any atom is -0.310 e. The van der Waals surface area contributed by atoms with Crippen molar-refractivity contribution in [3.63, 3.8) is 0 Å². The van der Waals surface area contributed by atoms with Crippen LogP contribution in [0.2, 0.25) is 0 Å². The molecule has 0 heterocycles. The molecule has 0 saturated heterocycles. The van der Waals surface area contributed by atoms with Crippen LogP contribution < -0.4 is 5.32 Å². The van der Waals surface area contributed by atoms with Gasteiger partial charge in [-0.2, -0.15) is 0 Å². The molecule has 1 aromatic carbocycles. The van der Waals surface area contributed by atoms with Gasteiger partial charge in [0.15, 0.2) is 0 Å². The van der Waals surface area contributed by atoms with Crippen molar-refractivity contribution in [3.8, 4) is 0 Å². The van der Waals surface area contributed by atoms with Crippen molar-refractivity contribution in [2.75, 3.05) is 0 Å². The molecule has 1 aromatic rings. The van der Waals surface area contributed by atoms with Crippen LogP contribution in [0, 0.1) is 18.8 Å². The van der Waals surface area contributed by atoms with Crippen LogP contribution in [0.5, 0.6) is 0 Å². The minimum absolute atomic E-state index is 0.725. The molecule has 19 heavy (non-hydrogen) atoms. The van der Waals surface area contributed by atoms with Gasteiger partial charge in [-0.15, -0.1) is 0 Å². The van der Waals surface area contributed by atoms with E-state index in [1.807, 2.05) is 0 Å². The van der Waals surface area contributed by atoms with E-state index in [1.54, 1.807) is 0 Å². The Balaban J connectivity index is 1.82. The van der Waals surface area contributed by atoms with Crippen molar-refractivity contribution in [3.05, 3.63) is 35.4 Å². The fourth-order valence-corrected chi connectivity index (χ4v) is 3.26. The zero-order valence-electron chi connectivity index (χ0n) is 12.8. The zero-order chi connectivity index (χ0) is 13.7. The summed E-state index contributed by atoms with van der Waals surface area (Å²) in [6.07, 6.45) is 6.95. The van der Waals surface area contributed by atoms with Gasteiger partial charge in [-0.05, 0) is 49.1 Å². The first-order chi connectivity index (χ1) is 9.16. The highest BCUT2D eigenvalue weighted by atomic mass is 14.9. The Morgan fingerprint density at radius 3 is 2.63 bits per heavy atom. The summed E-state index contributed by atoms with van der Waals surface area (Å²) in [6.45, 7) is 8.00. The Bertz CT molecular complexity index is 383. The summed E-state index contributed by atoms with van der Waals surface area (Å²) in [5.41, 5.74) is 2.86. The largest absolute Gasteiger partial charge is 0.310 e. The maximum absolute atomic E-state index is 3.78. The maximum atomic E-state index is 3.78. The highest BCUT2D eigenvalue weighted by Gasteiger charge is 2.20. The van der Waals surface area contributed by atoms with Crippen molar-refractivity contribution in [2.45, 2.75) is 65.5 Å². The molecular formula is C18H29N. The smallest absolute Gasteiger partial charge is 0.0210 e. The summed E-state index contributed by atoms with van der Waals surface area (Å²) in [5, 5.41) is 3.78. The second-order valence-electron chi connectivity index (χ2n) is 6.52. The van der Waals surface area contributed by atoms with E-state index in [1.165, 1.54) is 43.2 Å². The van der Waals surface area contributed by atoms with Crippen molar-refractivity contribution in [1.82, 2.24) is 5.32 Å². The van der Waals surface area contributed by atoms with E-state index < -0.39 is 0 Å². The third kappa shape index (κ3) is 4.35. The summed E-state index contributed by atoms with van der Waals surface area (Å²) in [5.74, 6) is 1.81. The Hall–Kier alpha value is -0.820. The maximum Gasteiger partial charge on any atom is 0.0210 e. The van der Waals surface area contributed by atoms with Crippen molar-refractivity contribution in [1.29, 1.82) is 0 Å². The lowest BCUT2D eigenvalue weighted by atomic mass is 9.89. The zero-order valence-corrected chi connectivity index (χ0v) is 12.8. The van der Waals surface area contributed by atoms with Gasteiger partial charge in [0.05, 0.1) is 0 Å². The van der Waals surface area contributed by atoms with Gasteiger partial charge in [0, 0.05) is 12.6 Å². The molecule has 2 atom stereocenters. The molecule has 106 valence electrons. The van der Waals surface area contributed by atoms with Crippen LogP contribution in [-0.4, -0.2) is 6.04 Å². The predicted molar refractivity (Wildman–Crippen MR) is 83.2 cm³/mol. The molecule has 1 fully saturated rings. The minimum atomic E-state index is 0.725. The lowest BCUT2D eigenvalue weighted by molar-refractivity contribution is 0.337.